The summed E-state index contributed by atoms with van der Waals surface area (Å²) in [5.74, 6) is -0.274. The van der Waals surface area contributed by atoms with E-state index in [0.29, 0.717) is 6.54 Å². The maximum atomic E-state index is 12.4. The number of nitro groups is 1. The molecule has 0 saturated heterocycles. The fraction of sp³-hybridized carbons (Fsp3) is 0.235. The van der Waals surface area contributed by atoms with Crippen LogP contribution in [0.3, 0.4) is 0 Å². The van der Waals surface area contributed by atoms with E-state index < -0.39 is 4.92 Å². The van der Waals surface area contributed by atoms with Crippen molar-refractivity contribution in [1.29, 1.82) is 0 Å². The summed E-state index contributed by atoms with van der Waals surface area (Å²) in [6, 6.07) is 11.9. The average molecular weight is 333 g/mol. The predicted molar refractivity (Wildman–Crippen MR) is 89.7 cm³/mol. The summed E-state index contributed by atoms with van der Waals surface area (Å²) in [6.07, 6.45) is 0.966. The van der Waals surface area contributed by atoms with Crippen LogP contribution in [0.5, 0.6) is 0 Å². The lowest BCUT2D eigenvalue weighted by Gasteiger charge is -2.18. The fourth-order valence-corrected chi connectivity index (χ4v) is 2.48. The van der Waals surface area contributed by atoms with Gasteiger partial charge in [0.15, 0.2) is 0 Å². The minimum Gasteiger partial charge on any atom is -0.337 e. The predicted octanol–water partition coefficient (Wildman–Crippen LogP) is 4.08. The molecular weight excluding hydrogens is 316 g/mol. The number of carbonyl (C=O) groups is 1. The van der Waals surface area contributed by atoms with Gasteiger partial charge in [-0.2, -0.15) is 0 Å². The Hall–Kier alpha value is -2.40. The first-order valence-corrected chi connectivity index (χ1v) is 7.57. The van der Waals surface area contributed by atoms with Crippen LogP contribution < -0.4 is 0 Å². The van der Waals surface area contributed by atoms with Crippen molar-refractivity contribution in [3.8, 4) is 0 Å². The molecule has 2 rings (SSSR count). The lowest BCUT2D eigenvalue weighted by Crippen LogP contribution is -2.26. The van der Waals surface area contributed by atoms with E-state index in [1.54, 1.807) is 7.05 Å². The molecule has 5 nitrogen and oxygen atoms in total. The number of hydrogen-bond acceptors (Lipinski definition) is 3. The molecule has 0 saturated carbocycles. The Labute approximate surface area is 139 Å². The van der Waals surface area contributed by atoms with Crippen molar-refractivity contribution in [3.05, 3.63) is 74.3 Å². The van der Waals surface area contributed by atoms with Gasteiger partial charge in [-0.15, -0.1) is 0 Å². The second kappa shape index (κ2) is 7.24. The van der Waals surface area contributed by atoms with Crippen molar-refractivity contribution in [3.63, 3.8) is 0 Å². The van der Waals surface area contributed by atoms with E-state index in [0.717, 1.165) is 12.0 Å². The minimum atomic E-state index is -0.543. The molecule has 0 fully saturated rings. The van der Waals surface area contributed by atoms with Gasteiger partial charge in [0.1, 0.15) is 0 Å². The molecule has 2 aromatic rings. The van der Waals surface area contributed by atoms with Gasteiger partial charge in [0.25, 0.3) is 11.6 Å². The number of aryl methyl sites for hydroxylation is 1. The molecule has 0 aromatic heterocycles. The van der Waals surface area contributed by atoms with Gasteiger partial charge in [-0.05, 0) is 23.6 Å². The van der Waals surface area contributed by atoms with Crippen LogP contribution >= 0.6 is 11.6 Å². The van der Waals surface area contributed by atoms with Crippen LogP contribution in [0.15, 0.2) is 42.5 Å². The van der Waals surface area contributed by atoms with Crippen LogP contribution in [0, 0.1) is 10.1 Å². The maximum Gasteiger partial charge on any atom is 0.270 e. The monoisotopic (exact) mass is 332 g/mol. The third-order valence-corrected chi connectivity index (χ3v) is 3.90. The van der Waals surface area contributed by atoms with Crippen molar-refractivity contribution in [2.75, 3.05) is 7.05 Å². The topological polar surface area (TPSA) is 63.5 Å². The average Bonchev–Trinajstić information content (AvgIpc) is 2.54. The molecule has 0 radical (unpaired) electrons. The number of hydrogen-bond donors (Lipinski definition) is 0. The van der Waals surface area contributed by atoms with E-state index in [2.05, 4.69) is 6.92 Å². The Morgan fingerprint density at radius 1 is 1.17 bits per heavy atom. The van der Waals surface area contributed by atoms with Crippen molar-refractivity contribution < 1.29 is 9.72 Å². The molecule has 0 N–H and O–H groups in total. The summed E-state index contributed by atoms with van der Waals surface area (Å²) >= 11 is 6.00. The highest BCUT2D eigenvalue weighted by atomic mass is 35.5. The largest absolute Gasteiger partial charge is 0.337 e. The molecule has 0 unspecified atom stereocenters. The quantitative estimate of drug-likeness (QED) is 0.612. The van der Waals surface area contributed by atoms with Gasteiger partial charge in [0, 0.05) is 25.7 Å². The number of benzene rings is 2. The Bertz CT molecular complexity index is 729. The number of amides is 1. The Kier molecular flexibility index (Phi) is 5.34. The first-order valence-electron chi connectivity index (χ1n) is 7.19. The molecule has 0 bridgehead atoms. The molecule has 0 spiro atoms. The van der Waals surface area contributed by atoms with E-state index in [1.165, 1.54) is 28.7 Å². The fourth-order valence-electron chi connectivity index (χ4n) is 2.22. The zero-order valence-electron chi connectivity index (χ0n) is 13.0. The molecule has 6 heteroatoms. The van der Waals surface area contributed by atoms with Crippen molar-refractivity contribution in [2.45, 2.75) is 19.9 Å². The Balaban J connectivity index is 2.14. The van der Waals surface area contributed by atoms with Crippen LogP contribution in [0.25, 0.3) is 0 Å². The van der Waals surface area contributed by atoms with Crippen LogP contribution in [-0.4, -0.2) is 22.8 Å². The van der Waals surface area contributed by atoms with Gasteiger partial charge in [-0.25, -0.2) is 0 Å². The molecular formula is C17H17ClN2O3. The van der Waals surface area contributed by atoms with Gasteiger partial charge >= 0.3 is 0 Å². The summed E-state index contributed by atoms with van der Waals surface area (Å²) < 4.78 is 0. The number of rotatable bonds is 5. The highest BCUT2D eigenvalue weighted by Gasteiger charge is 2.18. The van der Waals surface area contributed by atoms with E-state index in [9.17, 15) is 14.9 Å². The lowest BCUT2D eigenvalue weighted by atomic mass is 10.1. The normalized spacial score (nSPS) is 10.4. The van der Waals surface area contributed by atoms with Gasteiger partial charge in [-0.3, -0.25) is 14.9 Å². The van der Waals surface area contributed by atoms with Crippen LogP contribution in [0.4, 0.5) is 5.69 Å². The van der Waals surface area contributed by atoms with E-state index in [1.807, 2.05) is 24.3 Å². The SMILES string of the molecule is CCc1ccc(CN(C)C(=O)c2ccc([N+](=O)[O-])cc2Cl)cc1. The number of nitrogens with zero attached hydrogens (tertiary/aromatic N) is 2. The first-order chi connectivity index (χ1) is 10.9. The van der Waals surface area contributed by atoms with Gasteiger partial charge in [0.2, 0.25) is 0 Å². The zero-order valence-corrected chi connectivity index (χ0v) is 13.7. The van der Waals surface area contributed by atoms with Crippen LogP contribution in [0.1, 0.15) is 28.4 Å². The smallest absolute Gasteiger partial charge is 0.270 e. The summed E-state index contributed by atoms with van der Waals surface area (Å²) in [5, 5.41) is 10.8. The molecule has 2 aromatic carbocycles. The number of non-ortho nitro benzene ring substituents is 1. The molecule has 120 valence electrons. The summed E-state index contributed by atoms with van der Waals surface area (Å²) in [7, 11) is 1.67. The maximum absolute atomic E-state index is 12.4. The lowest BCUT2D eigenvalue weighted by molar-refractivity contribution is -0.384. The van der Waals surface area contributed by atoms with Crippen molar-refractivity contribution >= 4 is 23.2 Å². The molecule has 0 heterocycles. The van der Waals surface area contributed by atoms with Crippen LogP contribution in [-0.2, 0) is 13.0 Å². The van der Waals surface area contributed by atoms with Crippen LogP contribution in [0.2, 0.25) is 5.02 Å². The Morgan fingerprint density at radius 3 is 2.30 bits per heavy atom. The van der Waals surface area contributed by atoms with E-state index in [4.69, 9.17) is 11.6 Å². The summed E-state index contributed by atoms with van der Waals surface area (Å²) in [4.78, 5) is 24.2. The molecule has 1 amide bonds. The van der Waals surface area contributed by atoms with Gasteiger partial charge in [-0.1, -0.05) is 42.8 Å². The second-order valence-corrected chi connectivity index (χ2v) is 5.66. The number of nitro benzene ring substituents is 1. The number of halogens is 1. The standard InChI is InChI=1S/C17H17ClN2O3/c1-3-12-4-6-13(7-5-12)11-19(2)17(21)15-9-8-14(20(22)23)10-16(15)18/h4-10H,3,11H2,1-2H3. The van der Waals surface area contributed by atoms with Gasteiger partial charge < -0.3 is 4.90 Å². The molecule has 0 aliphatic heterocycles. The highest BCUT2D eigenvalue weighted by Crippen LogP contribution is 2.24. The number of carbonyl (C=O) groups excluding carboxylic acids is 1. The molecule has 23 heavy (non-hydrogen) atoms. The van der Waals surface area contributed by atoms with Crippen molar-refractivity contribution in [1.82, 2.24) is 4.90 Å². The third kappa shape index (κ3) is 4.07. The molecule has 0 atom stereocenters. The molecule has 0 aliphatic carbocycles. The van der Waals surface area contributed by atoms with Gasteiger partial charge in [0.05, 0.1) is 15.5 Å². The summed E-state index contributed by atoms with van der Waals surface area (Å²) in [6.45, 7) is 2.53. The summed E-state index contributed by atoms with van der Waals surface area (Å²) in [5.41, 5.74) is 2.37. The minimum absolute atomic E-state index is 0.0809. The molecule has 0 aliphatic rings. The van der Waals surface area contributed by atoms with E-state index >= 15 is 0 Å². The van der Waals surface area contributed by atoms with Crippen molar-refractivity contribution in [2.24, 2.45) is 0 Å². The Morgan fingerprint density at radius 2 is 1.78 bits per heavy atom. The first kappa shape index (κ1) is 17.0. The highest BCUT2D eigenvalue weighted by molar-refractivity contribution is 6.34. The third-order valence-electron chi connectivity index (χ3n) is 3.59. The van der Waals surface area contributed by atoms with E-state index in [-0.39, 0.29) is 22.2 Å². The second-order valence-electron chi connectivity index (χ2n) is 5.25. The zero-order chi connectivity index (χ0) is 17.0.